The van der Waals surface area contributed by atoms with Gasteiger partial charge in [-0.15, -0.1) is 0 Å². The maximum atomic E-state index is 11.3. The Kier molecular flexibility index (Phi) is 3.90. The summed E-state index contributed by atoms with van der Waals surface area (Å²) in [6.07, 6.45) is 1.85. The van der Waals surface area contributed by atoms with Crippen LogP contribution >= 0.6 is 15.9 Å². The SMILES string of the molecule is CC(C)n1ccc(Nc2cccc(Br)c2C(=O)O)n1. The Morgan fingerprint density at radius 1 is 1.42 bits per heavy atom. The highest BCUT2D eigenvalue weighted by Gasteiger charge is 2.14. The second kappa shape index (κ2) is 5.44. The molecular formula is C13H14BrN3O2. The van der Waals surface area contributed by atoms with Crippen molar-refractivity contribution < 1.29 is 9.90 Å². The summed E-state index contributed by atoms with van der Waals surface area (Å²) in [5.74, 6) is -0.368. The summed E-state index contributed by atoms with van der Waals surface area (Å²) < 4.78 is 2.34. The Labute approximate surface area is 119 Å². The van der Waals surface area contributed by atoms with E-state index in [0.717, 1.165) is 0 Å². The van der Waals surface area contributed by atoms with Crippen LogP contribution in [0.2, 0.25) is 0 Å². The zero-order chi connectivity index (χ0) is 14.0. The molecule has 0 saturated heterocycles. The van der Waals surface area contributed by atoms with Gasteiger partial charge in [0, 0.05) is 22.8 Å². The molecule has 0 radical (unpaired) electrons. The van der Waals surface area contributed by atoms with Gasteiger partial charge < -0.3 is 10.4 Å². The summed E-state index contributed by atoms with van der Waals surface area (Å²) in [5, 5.41) is 16.6. The van der Waals surface area contributed by atoms with Crippen molar-refractivity contribution in [1.82, 2.24) is 9.78 Å². The predicted octanol–water partition coefficient (Wildman–Crippen LogP) is 3.67. The third kappa shape index (κ3) is 2.96. The summed E-state index contributed by atoms with van der Waals surface area (Å²) >= 11 is 3.24. The molecule has 100 valence electrons. The molecule has 0 bridgehead atoms. The number of halogens is 1. The molecule has 2 aromatic rings. The highest BCUT2D eigenvalue weighted by molar-refractivity contribution is 9.10. The van der Waals surface area contributed by atoms with Gasteiger partial charge in [-0.1, -0.05) is 6.07 Å². The predicted molar refractivity (Wildman–Crippen MR) is 77.0 cm³/mol. The Bertz CT molecular complexity index is 608. The largest absolute Gasteiger partial charge is 0.478 e. The van der Waals surface area contributed by atoms with Crippen molar-refractivity contribution in [3.05, 3.63) is 40.5 Å². The normalized spacial score (nSPS) is 10.7. The average Bonchev–Trinajstić information content (AvgIpc) is 2.77. The molecule has 0 amide bonds. The number of nitrogens with zero attached hydrogens (tertiary/aromatic N) is 2. The zero-order valence-corrected chi connectivity index (χ0v) is 12.2. The van der Waals surface area contributed by atoms with Gasteiger partial charge in [0.05, 0.1) is 11.3 Å². The molecule has 0 spiro atoms. The van der Waals surface area contributed by atoms with Crippen molar-refractivity contribution in [3.63, 3.8) is 0 Å². The molecule has 1 heterocycles. The van der Waals surface area contributed by atoms with Gasteiger partial charge in [0.25, 0.3) is 0 Å². The van der Waals surface area contributed by atoms with Crippen LogP contribution in [0.25, 0.3) is 0 Å². The van der Waals surface area contributed by atoms with Crippen LogP contribution in [0, 0.1) is 0 Å². The molecule has 0 aliphatic rings. The fraction of sp³-hybridized carbons (Fsp3) is 0.231. The molecule has 5 nitrogen and oxygen atoms in total. The van der Waals surface area contributed by atoms with Gasteiger partial charge in [-0.2, -0.15) is 5.10 Å². The molecule has 1 aromatic carbocycles. The standard InChI is InChI=1S/C13H14BrN3O2/c1-8(2)17-7-6-11(16-17)15-10-5-3-4-9(14)12(10)13(18)19/h3-8H,1-2H3,(H,15,16)(H,18,19). The van der Waals surface area contributed by atoms with Crippen LogP contribution in [0.5, 0.6) is 0 Å². The number of carbonyl (C=O) groups is 1. The van der Waals surface area contributed by atoms with E-state index in [9.17, 15) is 9.90 Å². The number of carboxylic acid groups (broad SMARTS) is 1. The number of anilines is 2. The number of nitrogens with one attached hydrogen (secondary N) is 1. The molecule has 0 unspecified atom stereocenters. The van der Waals surface area contributed by atoms with Crippen LogP contribution < -0.4 is 5.32 Å². The lowest BCUT2D eigenvalue weighted by Gasteiger charge is -2.09. The third-order valence-corrected chi connectivity index (χ3v) is 3.29. The summed E-state index contributed by atoms with van der Waals surface area (Å²) in [6.45, 7) is 4.05. The molecule has 2 N–H and O–H groups in total. The lowest BCUT2D eigenvalue weighted by atomic mass is 10.2. The Hall–Kier alpha value is -1.82. The molecule has 0 saturated carbocycles. The fourth-order valence-electron chi connectivity index (χ4n) is 1.68. The second-order valence-corrected chi connectivity index (χ2v) is 5.22. The molecule has 0 aliphatic heterocycles. The van der Waals surface area contributed by atoms with Gasteiger partial charge in [-0.3, -0.25) is 4.68 Å². The minimum absolute atomic E-state index is 0.196. The van der Waals surface area contributed by atoms with Gasteiger partial charge in [-0.25, -0.2) is 4.79 Å². The van der Waals surface area contributed by atoms with Crippen LogP contribution in [-0.4, -0.2) is 20.9 Å². The second-order valence-electron chi connectivity index (χ2n) is 4.37. The van der Waals surface area contributed by atoms with Crippen molar-refractivity contribution in [2.75, 3.05) is 5.32 Å². The molecule has 19 heavy (non-hydrogen) atoms. The quantitative estimate of drug-likeness (QED) is 0.900. The maximum Gasteiger partial charge on any atom is 0.338 e. The first-order valence-electron chi connectivity index (χ1n) is 5.83. The molecule has 6 heteroatoms. The average molecular weight is 324 g/mol. The first kappa shape index (κ1) is 13.6. The van der Waals surface area contributed by atoms with Crippen molar-refractivity contribution in [1.29, 1.82) is 0 Å². The molecule has 2 rings (SSSR count). The van der Waals surface area contributed by atoms with Gasteiger partial charge >= 0.3 is 5.97 Å². The van der Waals surface area contributed by atoms with Crippen LogP contribution in [0.4, 0.5) is 11.5 Å². The molecule has 0 atom stereocenters. The topological polar surface area (TPSA) is 67.2 Å². The van der Waals surface area contributed by atoms with Gasteiger partial charge in [0.15, 0.2) is 5.82 Å². The van der Waals surface area contributed by atoms with Crippen molar-refractivity contribution in [2.24, 2.45) is 0 Å². The molecule has 1 aromatic heterocycles. The lowest BCUT2D eigenvalue weighted by Crippen LogP contribution is -2.05. The van der Waals surface area contributed by atoms with Gasteiger partial charge in [0.1, 0.15) is 0 Å². The Morgan fingerprint density at radius 3 is 2.74 bits per heavy atom. The fourth-order valence-corrected chi connectivity index (χ4v) is 2.21. The van der Waals surface area contributed by atoms with Crippen molar-refractivity contribution >= 4 is 33.4 Å². The lowest BCUT2D eigenvalue weighted by molar-refractivity contribution is 0.0697. The first-order chi connectivity index (χ1) is 8.99. The monoisotopic (exact) mass is 323 g/mol. The summed E-state index contributed by atoms with van der Waals surface area (Å²) in [5.41, 5.74) is 0.706. The number of aromatic carboxylic acids is 1. The number of rotatable bonds is 4. The van der Waals surface area contributed by atoms with E-state index in [-0.39, 0.29) is 11.6 Å². The number of aromatic nitrogens is 2. The van der Waals surface area contributed by atoms with E-state index in [0.29, 0.717) is 16.0 Å². The summed E-state index contributed by atoms with van der Waals surface area (Å²) in [4.78, 5) is 11.3. The van der Waals surface area contributed by atoms with Crippen LogP contribution in [0.1, 0.15) is 30.2 Å². The maximum absolute atomic E-state index is 11.3. The minimum atomic E-state index is -0.988. The van der Waals surface area contributed by atoms with E-state index in [1.165, 1.54) is 0 Å². The molecule has 0 fully saturated rings. The van der Waals surface area contributed by atoms with E-state index in [1.807, 2.05) is 26.1 Å². The number of hydrogen-bond donors (Lipinski definition) is 2. The van der Waals surface area contributed by atoms with Crippen LogP contribution in [-0.2, 0) is 0 Å². The van der Waals surface area contributed by atoms with Gasteiger partial charge in [-0.05, 0) is 41.9 Å². The van der Waals surface area contributed by atoms with Crippen molar-refractivity contribution in [3.8, 4) is 0 Å². The van der Waals surface area contributed by atoms with E-state index >= 15 is 0 Å². The Balaban J connectivity index is 2.32. The summed E-state index contributed by atoms with van der Waals surface area (Å²) in [7, 11) is 0. The Morgan fingerprint density at radius 2 is 2.16 bits per heavy atom. The first-order valence-corrected chi connectivity index (χ1v) is 6.62. The number of hydrogen-bond acceptors (Lipinski definition) is 3. The highest BCUT2D eigenvalue weighted by Crippen LogP contribution is 2.27. The number of benzene rings is 1. The van der Waals surface area contributed by atoms with E-state index in [4.69, 9.17) is 0 Å². The van der Waals surface area contributed by atoms with E-state index in [2.05, 4.69) is 26.3 Å². The zero-order valence-electron chi connectivity index (χ0n) is 10.6. The van der Waals surface area contributed by atoms with E-state index < -0.39 is 5.97 Å². The van der Waals surface area contributed by atoms with Crippen LogP contribution in [0.3, 0.4) is 0 Å². The third-order valence-electron chi connectivity index (χ3n) is 2.63. The number of carboxylic acids is 1. The van der Waals surface area contributed by atoms with Gasteiger partial charge in [0.2, 0.25) is 0 Å². The highest BCUT2D eigenvalue weighted by atomic mass is 79.9. The molecule has 0 aliphatic carbocycles. The van der Waals surface area contributed by atoms with E-state index in [1.54, 1.807) is 22.9 Å². The molecular weight excluding hydrogens is 310 g/mol. The van der Waals surface area contributed by atoms with Crippen molar-refractivity contribution in [2.45, 2.75) is 19.9 Å². The summed E-state index contributed by atoms with van der Waals surface area (Å²) in [6, 6.07) is 7.26. The minimum Gasteiger partial charge on any atom is -0.478 e. The van der Waals surface area contributed by atoms with Crippen LogP contribution in [0.15, 0.2) is 34.9 Å². The smallest absolute Gasteiger partial charge is 0.338 e.